The number of aryl methyl sites for hydroxylation is 1. The van der Waals surface area contributed by atoms with E-state index in [0.29, 0.717) is 16.1 Å². The lowest BCUT2D eigenvalue weighted by atomic mass is 10.0. The Morgan fingerprint density at radius 2 is 2.24 bits per heavy atom. The van der Waals surface area contributed by atoms with Crippen molar-refractivity contribution in [3.63, 3.8) is 0 Å². The molecule has 1 aromatic carbocycles. The number of amides is 1. The van der Waals surface area contributed by atoms with Crippen LogP contribution in [-0.2, 0) is 13.0 Å². The van der Waals surface area contributed by atoms with Crippen LogP contribution in [-0.4, -0.2) is 12.5 Å². The van der Waals surface area contributed by atoms with Crippen molar-refractivity contribution in [2.45, 2.75) is 19.9 Å². The van der Waals surface area contributed by atoms with Crippen LogP contribution in [0.15, 0.2) is 24.3 Å². The van der Waals surface area contributed by atoms with Crippen molar-refractivity contribution in [1.82, 2.24) is 5.32 Å². The van der Waals surface area contributed by atoms with Crippen LogP contribution in [0.3, 0.4) is 0 Å². The van der Waals surface area contributed by atoms with Crippen LogP contribution < -0.4 is 10.6 Å². The molecular weight excluding hydrogens is 282 g/mol. The zero-order chi connectivity index (χ0) is 14.8. The second kappa shape index (κ2) is 5.68. The van der Waals surface area contributed by atoms with Gasteiger partial charge in [0.05, 0.1) is 5.56 Å². The van der Waals surface area contributed by atoms with Gasteiger partial charge in [-0.2, -0.15) is 5.26 Å². The van der Waals surface area contributed by atoms with Crippen molar-refractivity contribution in [2.24, 2.45) is 0 Å². The van der Waals surface area contributed by atoms with Crippen LogP contribution in [0, 0.1) is 18.3 Å². The predicted octanol–water partition coefficient (Wildman–Crippen LogP) is 2.83. The average molecular weight is 297 g/mol. The summed E-state index contributed by atoms with van der Waals surface area (Å²) in [5, 5.41) is 16.2. The molecule has 4 nitrogen and oxygen atoms in total. The Hall–Kier alpha value is -2.16. The lowest BCUT2D eigenvalue weighted by Crippen LogP contribution is -2.22. The van der Waals surface area contributed by atoms with Gasteiger partial charge in [-0.05, 0) is 37.1 Å². The molecule has 0 bridgehead atoms. The number of thiophene rings is 1. The minimum Gasteiger partial charge on any atom is -0.312 e. The lowest BCUT2D eigenvalue weighted by Gasteiger charge is -2.11. The Balaban J connectivity index is 1.92. The monoisotopic (exact) mass is 297 g/mol. The zero-order valence-corrected chi connectivity index (χ0v) is 12.5. The Morgan fingerprint density at radius 3 is 3.00 bits per heavy atom. The molecule has 21 heavy (non-hydrogen) atoms. The number of hydrogen-bond donors (Lipinski definition) is 2. The summed E-state index contributed by atoms with van der Waals surface area (Å²) in [6.45, 7) is 3.56. The molecule has 3 rings (SSSR count). The molecule has 0 unspecified atom stereocenters. The number of nitriles is 1. The van der Waals surface area contributed by atoms with E-state index in [-0.39, 0.29) is 5.91 Å². The molecule has 0 radical (unpaired) electrons. The highest BCUT2D eigenvalue weighted by Gasteiger charge is 2.22. The van der Waals surface area contributed by atoms with E-state index in [1.54, 1.807) is 6.07 Å². The Bertz CT molecular complexity index is 742. The Labute approximate surface area is 127 Å². The summed E-state index contributed by atoms with van der Waals surface area (Å²) in [5.41, 5.74) is 3.28. The molecule has 106 valence electrons. The van der Waals surface area contributed by atoms with Crippen LogP contribution in [0.2, 0.25) is 0 Å². The molecule has 2 heterocycles. The second-order valence-electron chi connectivity index (χ2n) is 5.02. The smallest absolute Gasteiger partial charge is 0.256 e. The van der Waals surface area contributed by atoms with Gasteiger partial charge in [0.1, 0.15) is 11.1 Å². The molecule has 2 N–H and O–H groups in total. The first-order chi connectivity index (χ1) is 10.2. The maximum atomic E-state index is 12.4. The van der Waals surface area contributed by atoms with Gasteiger partial charge in [-0.1, -0.05) is 18.2 Å². The van der Waals surface area contributed by atoms with Gasteiger partial charge >= 0.3 is 0 Å². The van der Waals surface area contributed by atoms with Gasteiger partial charge in [-0.15, -0.1) is 11.3 Å². The first kappa shape index (κ1) is 13.8. The second-order valence-corrected chi connectivity index (χ2v) is 6.12. The minimum absolute atomic E-state index is 0.156. The first-order valence-electron chi connectivity index (χ1n) is 6.83. The standard InChI is InChI=1S/C16H15N3OS/c1-10-4-2-3-5-11(10)15(20)19-16-13(8-17)12-6-7-18-9-14(12)21-16/h2-5,18H,6-7,9H2,1H3,(H,19,20). The predicted molar refractivity (Wildman–Crippen MR) is 83.6 cm³/mol. The van der Waals surface area contributed by atoms with Crippen molar-refractivity contribution in [3.05, 3.63) is 51.4 Å². The van der Waals surface area contributed by atoms with Crippen LogP contribution in [0.1, 0.15) is 31.9 Å². The fourth-order valence-electron chi connectivity index (χ4n) is 2.54. The van der Waals surface area contributed by atoms with E-state index in [4.69, 9.17) is 0 Å². The summed E-state index contributed by atoms with van der Waals surface area (Å²) in [6, 6.07) is 9.70. The molecule has 1 aliphatic rings. The molecule has 0 aliphatic carbocycles. The number of carbonyl (C=O) groups excluding carboxylic acids is 1. The van der Waals surface area contributed by atoms with Gasteiger partial charge in [-0.25, -0.2) is 0 Å². The van der Waals surface area contributed by atoms with Crippen LogP contribution >= 0.6 is 11.3 Å². The average Bonchev–Trinajstić information content (AvgIpc) is 2.84. The third-order valence-electron chi connectivity index (χ3n) is 3.66. The fraction of sp³-hybridized carbons (Fsp3) is 0.250. The highest BCUT2D eigenvalue weighted by molar-refractivity contribution is 7.16. The number of anilines is 1. The third kappa shape index (κ3) is 2.56. The number of nitrogens with zero attached hydrogens (tertiary/aromatic N) is 1. The number of rotatable bonds is 2. The molecule has 1 amide bonds. The zero-order valence-electron chi connectivity index (χ0n) is 11.7. The summed E-state index contributed by atoms with van der Waals surface area (Å²) in [6.07, 6.45) is 0.842. The van der Waals surface area contributed by atoms with Gasteiger partial charge in [-0.3, -0.25) is 4.79 Å². The van der Waals surface area contributed by atoms with E-state index >= 15 is 0 Å². The number of carbonyl (C=O) groups is 1. The van der Waals surface area contributed by atoms with E-state index in [2.05, 4.69) is 16.7 Å². The van der Waals surface area contributed by atoms with E-state index in [1.165, 1.54) is 11.3 Å². The topological polar surface area (TPSA) is 64.9 Å². The fourth-order valence-corrected chi connectivity index (χ4v) is 3.70. The highest BCUT2D eigenvalue weighted by atomic mass is 32.1. The molecule has 0 spiro atoms. The summed E-state index contributed by atoms with van der Waals surface area (Å²) >= 11 is 1.50. The molecular formula is C16H15N3OS. The molecule has 0 saturated carbocycles. The molecule has 2 aromatic rings. The summed E-state index contributed by atoms with van der Waals surface area (Å²) < 4.78 is 0. The Morgan fingerprint density at radius 1 is 1.43 bits per heavy atom. The Kier molecular flexibility index (Phi) is 3.74. The first-order valence-corrected chi connectivity index (χ1v) is 7.64. The summed E-state index contributed by atoms with van der Waals surface area (Å²) in [4.78, 5) is 13.5. The number of fused-ring (bicyclic) bond motifs is 1. The van der Waals surface area contributed by atoms with Crippen molar-refractivity contribution >= 4 is 22.2 Å². The summed E-state index contributed by atoms with van der Waals surface area (Å²) in [5.74, 6) is -0.156. The van der Waals surface area contributed by atoms with Gasteiger partial charge < -0.3 is 10.6 Å². The highest BCUT2D eigenvalue weighted by Crippen LogP contribution is 2.35. The third-order valence-corrected chi connectivity index (χ3v) is 4.80. The van der Waals surface area contributed by atoms with Crippen LogP contribution in [0.25, 0.3) is 0 Å². The van der Waals surface area contributed by atoms with E-state index in [0.717, 1.165) is 35.5 Å². The molecule has 5 heteroatoms. The van der Waals surface area contributed by atoms with E-state index in [1.807, 2.05) is 25.1 Å². The number of nitrogens with one attached hydrogen (secondary N) is 2. The lowest BCUT2D eigenvalue weighted by molar-refractivity contribution is 0.102. The van der Waals surface area contributed by atoms with Crippen molar-refractivity contribution in [3.8, 4) is 6.07 Å². The molecule has 0 fully saturated rings. The molecule has 0 saturated heterocycles. The van der Waals surface area contributed by atoms with E-state index in [9.17, 15) is 10.1 Å². The van der Waals surface area contributed by atoms with Crippen molar-refractivity contribution < 1.29 is 4.79 Å². The van der Waals surface area contributed by atoms with Crippen molar-refractivity contribution in [2.75, 3.05) is 11.9 Å². The van der Waals surface area contributed by atoms with Crippen molar-refractivity contribution in [1.29, 1.82) is 5.26 Å². The SMILES string of the molecule is Cc1ccccc1C(=O)Nc1sc2c(c1C#N)CCNC2. The molecule has 1 aromatic heterocycles. The number of benzene rings is 1. The normalized spacial score (nSPS) is 13.3. The maximum Gasteiger partial charge on any atom is 0.256 e. The van der Waals surface area contributed by atoms with Crippen LogP contribution in [0.4, 0.5) is 5.00 Å². The summed E-state index contributed by atoms with van der Waals surface area (Å²) in [7, 11) is 0. The van der Waals surface area contributed by atoms with Gasteiger partial charge in [0.2, 0.25) is 0 Å². The molecule has 0 atom stereocenters. The quantitative estimate of drug-likeness (QED) is 0.896. The number of hydrogen-bond acceptors (Lipinski definition) is 4. The van der Waals surface area contributed by atoms with Crippen LogP contribution in [0.5, 0.6) is 0 Å². The minimum atomic E-state index is -0.156. The largest absolute Gasteiger partial charge is 0.312 e. The molecule has 1 aliphatic heterocycles. The maximum absolute atomic E-state index is 12.4. The van der Waals surface area contributed by atoms with Gasteiger partial charge in [0.15, 0.2) is 0 Å². The van der Waals surface area contributed by atoms with Gasteiger partial charge in [0, 0.05) is 17.0 Å². The van der Waals surface area contributed by atoms with E-state index < -0.39 is 0 Å². The van der Waals surface area contributed by atoms with Gasteiger partial charge in [0.25, 0.3) is 5.91 Å².